The lowest BCUT2D eigenvalue weighted by atomic mass is 9.90. The Hall–Kier alpha value is -3.19. The molecule has 34 heavy (non-hydrogen) atoms. The number of hydrogen-bond acceptors (Lipinski definition) is 5. The van der Waals surface area contributed by atoms with Gasteiger partial charge in [0.2, 0.25) is 11.8 Å². The molecule has 1 N–H and O–H groups in total. The maximum absolute atomic E-state index is 13.4. The quantitative estimate of drug-likeness (QED) is 0.569. The second kappa shape index (κ2) is 11.8. The Labute approximate surface area is 203 Å². The van der Waals surface area contributed by atoms with E-state index >= 15 is 0 Å². The lowest BCUT2D eigenvalue weighted by molar-refractivity contribution is -0.149. The van der Waals surface area contributed by atoms with Crippen LogP contribution in [0.5, 0.6) is 5.75 Å². The standard InChI is InChI=1S/C26H28ClNO6/c1-34-23-11-9-21(27)14-20(23)13-19-7-10-22(29)16-28(26(19)33)24(30)15-18(8-12-25(31)32)17-5-3-2-4-6-17/h2-6,9,11,14,18-19H,7-8,10,12-13,15-16H2,1H3,(H,31,32). The number of carbonyl (C=O) groups excluding carboxylic acids is 3. The number of amides is 2. The normalized spacial score (nSPS) is 17.2. The number of ketones is 1. The average molecular weight is 486 g/mol. The Balaban J connectivity index is 1.81. The molecule has 1 aliphatic heterocycles. The topological polar surface area (TPSA) is 101 Å². The number of carbonyl (C=O) groups is 4. The summed E-state index contributed by atoms with van der Waals surface area (Å²) in [5.74, 6) is -2.36. The third kappa shape index (κ3) is 6.67. The lowest BCUT2D eigenvalue weighted by Gasteiger charge is -2.25. The SMILES string of the molecule is COc1ccc(Cl)cc1CC1CCC(=O)CN(C(=O)CC(CCC(=O)O)c2ccccc2)C1=O. The molecule has 0 aromatic heterocycles. The molecule has 1 heterocycles. The van der Waals surface area contributed by atoms with Gasteiger partial charge in [-0.25, -0.2) is 0 Å². The molecule has 2 aromatic carbocycles. The number of carboxylic acids is 1. The maximum atomic E-state index is 13.4. The van der Waals surface area contributed by atoms with Crippen LogP contribution in [0.2, 0.25) is 5.02 Å². The van der Waals surface area contributed by atoms with Crippen LogP contribution in [0.3, 0.4) is 0 Å². The predicted octanol–water partition coefficient (Wildman–Crippen LogP) is 4.26. The Morgan fingerprint density at radius 1 is 1.18 bits per heavy atom. The number of likely N-dealkylation sites (tertiary alicyclic amines) is 1. The number of Topliss-reactive ketones (excluding diaryl/α,β-unsaturated/α-hetero) is 1. The summed E-state index contributed by atoms with van der Waals surface area (Å²) < 4.78 is 5.39. The number of ether oxygens (including phenoxy) is 1. The number of benzene rings is 2. The number of methoxy groups -OCH3 is 1. The first-order valence-electron chi connectivity index (χ1n) is 11.2. The average Bonchev–Trinajstić information content (AvgIpc) is 2.96. The Morgan fingerprint density at radius 3 is 2.59 bits per heavy atom. The Bertz CT molecular complexity index is 1050. The highest BCUT2D eigenvalue weighted by Gasteiger charge is 2.35. The molecule has 7 nitrogen and oxygen atoms in total. The van der Waals surface area contributed by atoms with Gasteiger partial charge in [-0.1, -0.05) is 41.9 Å². The van der Waals surface area contributed by atoms with E-state index < -0.39 is 23.7 Å². The number of hydrogen-bond donors (Lipinski definition) is 1. The molecule has 0 radical (unpaired) electrons. The molecule has 2 atom stereocenters. The van der Waals surface area contributed by atoms with Gasteiger partial charge in [0.25, 0.3) is 0 Å². The maximum Gasteiger partial charge on any atom is 0.303 e. The van der Waals surface area contributed by atoms with E-state index in [1.54, 1.807) is 18.2 Å². The summed E-state index contributed by atoms with van der Waals surface area (Å²) in [5.41, 5.74) is 1.56. The van der Waals surface area contributed by atoms with Gasteiger partial charge in [-0.15, -0.1) is 0 Å². The number of carboxylic acid groups (broad SMARTS) is 1. The largest absolute Gasteiger partial charge is 0.496 e. The van der Waals surface area contributed by atoms with Gasteiger partial charge in [-0.05, 0) is 54.5 Å². The van der Waals surface area contributed by atoms with Crippen molar-refractivity contribution in [1.29, 1.82) is 0 Å². The molecule has 1 saturated heterocycles. The number of nitrogens with zero attached hydrogens (tertiary/aromatic N) is 1. The molecule has 2 unspecified atom stereocenters. The van der Waals surface area contributed by atoms with Crippen molar-refractivity contribution in [2.24, 2.45) is 5.92 Å². The predicted molar refractivity (Wildman–Crippen MR) is 127 cm³/mol. The fourth-order valence-corrected chi connectivity index (χ4v) is 4.51. The zero-order valence-corrected chi connectivity index (χ0v) is 19.8. The molecule has 180 valence electrons. The van der Waals surface area contributed by atoms with Crippen molar-refractivity contribution in [1.82, 2.24) is 4.90 Å². The van der Waals surface area contributed by atoms with E-state index in [1.807, 2.05) is 30.3 Å². The van der Waals surface area contributed by atoms with Crippen molar-refractivity contribution in [3.63, 3.8) is 0 Å². The van der Waals surface area contributed by atoms with Crippen LogP contribution in [-0.4, -0.2) is 47.2 Å². The molecule has 8 heteroatoms. The number of halogens is 1. The summed E-state index contributed by atoms with van der Waals surface area (Å²) in [7, 11) is 1.53. The van der Waals surface area contributed by atoms with E-state index in [-0.39, 0.29) is 43.9 Å². The fraction of sp³-hybridized carbons (Fsp3) is 0.385. The molecule has 3 rings (SSSR count). The van der Waals surface area contributed by atoms with Crippen molar-refractivity contribution in [2.75, 3.05) is 13.7 Å². The van der Waals surface area contributed by atoms with Crippen LogP contribution >= 0.6 is 11.6 Å². The van der Waals surface area contributed by atoms with Crippen LogP contribution in [0.25, 0.3) is 0 Å². The van der Waals surface area contributed by atoms with Crippen LogP contribution in [0.1, 0.15) is 49.1 Å². The summed E-state index contributed by atoms with van der Waals surface area (Å²) in [4.78, 5) is 51.3. The van der Waals surface area contributed by atoms with Crippen LogP contribution in [-0.2, 0) is 25.6 Å². The highest BCUT2D eigenvalue weighted by Crippen LogP contribution is 2.30. The zero-order chi connectivity index (χ0) is 24.7. The van der Waals surface area contributed by atoms with Crippen molar-refractivity contribution in [2.45, 2.75) is 44.4 Å². The van der Waals surface area contributed by atoms with Gasteiger partial charge >= 0.3 is 5.97 Å². The summed E-state index contributed by atoms with van der Waals surface area (Å²) in [6, 6.07) is 14.3. The minimum Gasteiger partial charge on any atom is -0.496 e. The van der Waals surface area contributed by atoms with E-state index in [0.717, 1.165) is 16.0 Å². The van der Waals surface area contributed by atoms with Crippen LogP contribution in [0, 0.1) is 5.92 Å². The molecule has 0 spiro atoms. The van der Waals surface area contributed by atoms with Crippen molar-refractivity contribution in [3.8, 4) is 5.75 Å². The molecule has 1 aliphatic rings. The van der Waals surface area contributed by atoms with E-state index in [9.17, 15) is 19.2 Å². The van der Waals surface area contributed by atoms with Gasteiger partial charge in [0, 0.05) is 30.2 Å². The summed E-state index contributed by atoms with van der Waals surface area (Å²) >= 11 is 6.13. The lowest BCUT2D eigenvalue weighted by Crippen LogP contribution is -2.42. The first-order chi connectivity index (χ1) is 16.3. The second-order valence-electron chi connectivity index (χ2n) is 8.50. The smallest absolute Gasteiger partial charge is 0.303 e. The molecular weight excluding hydrogens is 458 g/mol. The monoisotopic (exact) mass is 485 g/mol. The molecular formula is C26H28ClNO6. The van der Waals surface area contributed by atoms with E-state index in [1.165, 1.54) is 7.11 Å². The van der Waals surface area contributed by atoms with Gasteiger partial charge < -0.3 is 9.84 Å². The third-order valence-electron chi connectivity index (χ3n) is 6.13. The highest BCUT2D eigenvalue weighted by atomic mass is 35.5. The summed E-state index contributed by atoms with van der Waals surface area (Å²) in [6.07, 6.45) is 0.924. The first-order valence-corrected chi connectivity index (χ1v) is 11.6. The number of aliphatic carboxylic acids is 1. The second-order valence-corrected chi connectivity index (χ2v) is 8.93. The summed E-state index contributed by atoms with van der Waals surface area (Å²) in [5, 5.41) is 9.63. The minimum atomic E-state index is -0.954. The van der Waals surface area contributed by atoms with Crippen LogP contribution < -0.4 is 4.74 Å². The molecule has 0 saturated carbocycles. The first kappa shape index (κ1) is 25.4. The Kier molecular flexibility index (Phi) is 8.82. The number of rotatable bonds is 9. The van der Waals surface area contributed by atoms with Gasteiger partial charge in [0.15, 0.2) is 5.78 Å². The van der Waals surface area contributed by atoms with Crippen molar-refractivity contribution in [3.05, 3.63) is 64.7 Å². The van der Waals surface area contributed by atoms with E-state index in [2.05, 4.69) is 0 Å². The van der Waals surface area contributed by atoms with Gasteiger partial charge in [0.05, 0.1) is 13.7 Å². The third-order valence-corrected chi connectivity index (χ3v) is 6.36. The summed E-state index contributed by atoms with van der Waals surface area (Å²) in [6.45, 7) is -0.263. The van der Waals surface area contributed by atoms with E-state index in [4.69, 9.17) is 21.4 Å². The fourth-order valence-electron chi connectivity index (χ4n) is 4.32. The van der Waals surface area contributed by atoms with Gasteiger partial charge in [-0.3, -0.25) is 24.1 Å². The Morgan fingerprint density at radius 2 is 1.91 bits per heavy atom. The van der Waals surface area contributed by atoms with Crippen LogP contribution in [0.4, 0.5) is 0 Å². The van der Waals surface area contributed by atoms with E-state index in [0.29, 0.717) is 23.6 Å². The highest BCUT2D eigenvalue weighted by molar-refractivity contribution is 6.30. The zero-order valence-electron chi connectivity index (χ0n) is 19.0. The molecule has 1 fully saturated rings. The van der Waals surface area contributed by atoms with Gasteiger partial charge in [0.1, 0.15) is 5.75 Å². The van der Waals surface area contributed by atoms with Gasteiger partial charge in [-0.2, -0.15) is 0 Å². The molecule has 0 bridgehead atoms. The van der Waals surface area contributed by atoms with Crippen molar-refractivity contribution < 1.29 is 29.0 Å². The minimum absolute atomic E-state index is 0.0521. The molecule has 0 aliphatic carbocycles. The molecule has 2 aromatic rings. The molecule has 2 amide bonds. The van der Waals surface area contributed by atoms with Crippen LogP contribution in [0.15, 0.2) is 48.5 Å². The van der Waals surface area contributed by atoms with Crippen molar-refractivity contribution >= 4 is 35.2 Å². The number of imide groups is 1.